The molecular formula is C24H21Cl2N5OS. The minimum Gasteiger partial charge on any atom is -0.486 e. The summed E-state index contributed by atoms with van der Waals surface area (Å²) in [5.41, 5.74) is 4.00. The second-order valence-electron chi connectivity index (χ2n) is 8.81. The van der Waals surface area contributed by atoms with E-state index in [9.17, 15) is 0 Å². The Morgan fingerprint density at radius 2 is 1.88 bits per heavy atom. The number of pyridine rings is 2. The van der Waals surface area contributed by atoms with Gasteiger partial charge in [0, 0.05) is 65.1 Å². The molecule has 0 aliphatic carbocycles. The largest absolute Gasteiger partial charge is 0.486 e. The van der Waals surface area contributed by atoms with Gasteiger partial charge in [-0.05, 0) is 37.3 Å². The van der Waals surface area contributed by atoms with E-state index in [1.807, 2.05) is 43.1 Å². The lowest BCUT2D eigenvalue weighted by Gasteiger charge is -2.55. The highest BCUT2D eigenvalue weighted by Gasteiger charge is 2.48. The van der Waals surface area contributed by atoms with Crippen molar-refractivity contribution < 1.29 is 4.74 Å². The van der Waals surface area contributed by atoms with Crippen molar-refractivity contribution in [1.29, 1.82) is 0 Å². The Morgan fingerprint density at radius 1 is 1.09 bits per heavy atom. The Balaban J connectivity index is 1.24. The van der Waals surface area contributed by atoms with Crippen LogP contribution in [0, 0.1) is 5.41 Å². The van der Waals surface area contributed by atoms with E-state index in [4.69, 9.17) is 32.9 Å². The molecule has 9 heteroatoms. The summed E-state index contributed by atoms with van der Waals surface area (Å²) in [7, 11) is 0. The van der Waals surface area contributed by atoms with E-state index in [1.165, 1.54) is 11.5 Å². The van der Waals surface area contributed by atoms with Crippen LogP contribution in [0.3, 0.4) is 0 Å². The molecule has 6 nitrogen and oxygen atoms in total. The number of hydrogen-bond acceptors (Lipinski definition) is 6. The number of halogens is 2. The van der Waals surface area contributed by atoms with Gasteiger partial charge in [0.25, 0.3) is 0 Å². The molecule has 0 unspecified atom stereocenters. The standard InChI is InChI=1S/C24H21Cl2N5OS/c1-14(22-18(25)8-27-9-19(22)26)32-16-3-4-20-17(6-16)23(30-29-20)15-2-5-21(28-7-15)31-10-24(11-31)12-33-13-24/h2-9,14H,10-13H2,1H3,(H,29,30)/t14-/m1/s1. The monoisotopic (exact) mass is 497 g/mol. The maximum absolute atomic E-state index is 6.30. The average Bonchev–Trinajstić information content (AvgIpc) is 3.15. The van der Waals surface area contributed by atoms with Gasteiger partial charge in [0.05, 0.1) is 15.6 Å². The Kier molecular flexibility index (Phi) is 5.16. The van der Waals surface area contributed by atoms with Crippen molar-refractivity contribution in [2.45, 2.75) is 13.0 Å². The average molecular weight is 498 g/mol. The summed E-state index contributed by atoms with van der Waals surface area (Å²) in [5, 5.41) is 9.58. The fraction of sp³-hybridized carbons (Fsp3) is 0.292. The first-order chi connectivity index (χ1) is 16.0. The lowest BCUT2D eigenvalue weighted by atomic mass is 9.83. The van der Waals surface area contributed by atoms with Crippen LogP contribution in [-0.4, -0.2) is 44.8 Å². The van der Waals surface area contributed by atoms with Crippen LogP contribution in [0.4, 0.5) is 5.82 Å². The molecule has 0 bridgehead atoms. The fourth-order valence-electron chi connectivity index (χ4n) is 4.57. The molecule has 2 fully saturated rings. The zero-order valence-electron chi connectivity index (χ0n) is 17.9. The number of aromatic nitrogens is 4. The van der Waals surface area contributed by atoms with E-state index in [0.717, 1.165) is 41.1 Å². The van der Waals surface area contributed by atoms with Crippen LogP contribution in [0.15, 0.2) is 48.9 Å². The summed E-state index contributed by atoms with van der Waals surface area (Å²) >= 11 is 14.6. The van der Waals surface area contributed by atoms with E-state index in [1.54, 1.807) is 12.4 Å². The van der Waals surface area contributed by atoms with E-state index in [0.29, 0.717) is 26.8 Å². The van der Waals surface area contributed by atoms with Crippen molar-refractivity contribution >= 4 is 51.7 Å². The summed E-state index contributed by atoms with van der Waals surface area (Å²) in [6.45, 7) is 4.14. The molecule has 0 radical (unpaired) electrons. The van der Waals surface area contributed by atoms with Gasteiger partial charge in [0.15, 0.2) is 0 Å². The van der Waals surface area contributed by atoms with Gasteiger partial charge in [-0.2, -0.15) is 16.9 Å². The van der Waals surface area contributed by atoms with Crippen molar-refractivity contribution in [2.75, 3.05) is 29.5 Å². The lowest BCUT2D eigenvalue weighted by molar-refractivity contribution is 0.227. The van der Waals surface area contributed by atoms with Crippen LogP contribution in [0.1, 0.15) is 18.6 Å². The molecule has 1 N–H and O–H groups in total. The molecule has 0 saturated carbocycles. The van der Waals surface area contributed by atoms with Gasteiger partial charge in [0.2, 0.25) is 0 Å². The van der Waals surface area contributed by atoms with E-state index in [2.05, 4.69) is 32.2 Å². The van der Waals surface area contributed by atoms with Gasteiger partial charge in [-0.3, -0.25) is 10.1 Å². The second-order valence-corrected chi connectivity index (χ2v) is 10.6. The normalized spacial score (nSPS) is 17.6. The number of aromatic amines is 1. The van der Waals surface area contributed by atoms with Gasteiger partial charge >= 0.3 is 0 Å². The van der Waals surface area contributed by atoms with Crippen LogP contribution in [0.2, 0.25) is 10.0 Å². The highest BCUT2D eigenvalue weighted by Crippen LogP contribution is 2.46. The van der Waals surface area contributed by atoms with Crippen molar-refractivity contribution in [3.05, 3.63) is 64.5 Å². The van der Waals surface area contributed by atoms with Crippen LogP contribution in [0.25, 0.3) is 22.2 Å². The van der Waals surface area contributed by atoms with E-state index < -0.39 is 0 Å². The fourth-order valence-corrected chi connectivity index (χ4v) is 6.39. The summed E-state index contributed by atoms with van der Waals surface area (Å²) in [5.74, 6) is 4.30. The minimum absolute atomic E-state index is 0.337. The number of nitrogens with zero attached hydrogens (tertiary/aromatic N) is 4. The molecule has 1 spiro atoms. The quantitative estimate of drug-likeness (QED) is 0.363. The Labute approximate surface area is 205 Å². The number of nitrogens with one attached hydrogen (secondary N) is 1. The predicted molar refractivity (Wildman–Crippen MR) is 135 cm³/mol. The van der Waals surface area contributed by atoms with Crippen molar-refractivity contribution in [3.63, 3.8) is 0 Å². The molecule has 4 aromatic rings. The number of ether oxygens (including phenoxy) is 1. The summed E-state index contributed by atoms with van der Waals surface area (Å²) in [6.07, 6.45) is 4.71. The number of benzene rings is 1. The number of hydrogen-bond donors (Lipinski definition) is 1. The lowest BCUT2D eigenvalue weighted by Crippen LogP contribution is -2.63. The topological polar surface area (TPSA) is 66.9 Å². The highest BCUT2D eigenvalue weighted by molar-refractivity contribution is 8.00. The number of thioether (sulfide) groups is 1. The Hall–Kier alpha value is -2.48. The summed E-state index contributed by atoms with van der Waals surface area (Å²) in [6, 6.07) is 10.0. The number of rotatable bonds is 5. The molecule has 168 valence electrons. The summed E-state index contributed by atoms with van der Waals surface area (Å²) in [4.78, 5) is 11.1. The molecule has 6 rings (SSSR count). The van der Waals surface area contributed by atoms with Crippen LogP contribution in [0.5, 0.6) is 5.75 Å². The highest BCUT2D eigenvalue weighted by atomic mass is 35.5. The van der Waals surface area contributed by atoms with Gasteiger partial charge in [-0.1, -0.05) is 23.2 Å². The van der Waals surface area contributed by atoms with Gasteiger partial charge in [-0.25, -0.2) is 4.98 Å². The first-order valence-electron chi connectivity index (χ1n) is 10.7. The van der Waals surface area contributed by atoms with Gasteiger partial charge in [-0.15, -0.1) is 0 Å². The van der Waals surface area contributed by atoms with Gasteiger partial charge < -0.3 is 9.64 Å². The molecule has 5 heterocycles. The predicted octanol–water partition coefficient (Wildman–Crippen LogP) is 6.02. The van der Waals surface area contributed by atoms with E-state index in [-0.39, 0.29) is 6.10 Å². The SMILES string of the molecule is C[C@@H](Oc1ccc2[nH]nc(-c3ccc(N4CC5(CSC5)C4)nc3)c2c1)c1c(Cl)cncc1Cl. The maximum Gasteiger partial charge on any atom is 0.128 e. The molecule has 0 amide bonds. The van der Waals surface area contributed by atoms with Crippen LogP contribution < -0.4 is 9.64 Å². The molecular weight excluding hydrogens is 477 g/mol. The second kappa shape index (κ2) is 8.08. The number of fused-ring (bicyclic) bond motifs is 1. The third-order valence-corrected chi connectivity index (χ3v) is 8.59. The molecule has 2 aliphatic rings. The van der Waals surface area contributed by atoms with Crippen LogP contribution in [-0.2, 0) is 0 Å². The molecule has 3 aromatic heterocycles. The molecule has 2 saturated heterocycles. The van der Waals surface area contributed by atoms with Gasteiger partial charge in [0.1, 0.15) is 23.4 Å². The maximum atomic E-state index is 6.30. The van der Waals surface area contributed by atoms with E-state index >= 15 is 0 Å². The van der Waals surface area contributed by atoms with Crippen LogP contribution >= 0.6 is 35.0 Å². The van der Waals surface area contributed by atoms with Crippen molar-refractivity contribution in [1.82, 2.24) is 20.2 Å². The Morgan fingerprint density at radius 3 is 2.55 bits per heavy atom. The third-order valence-electron chi connectivity index (χ3n) is 6.36. The Bertz CT molecular complexity index is 1310. The first-order valence-corrected chi connectivity index (χ1v) is 12.7. The number of H-pyrrole nitrogens is 1. The third kappa shape index (κ3) is 3.72. The summed E-state index contributed by atoms with van der Waals surface area (Å²) < 4.78 is 6.18. The van der Waals surface area contributed by atoms with Crippen molar-refractivity contribution in [2.24, 2.45) is 5.41 Å². The zero-order valence-corrected chi connectivity index (χ0v) is 20.2. The molecule has 33 heavy (non-hydrogen) atoms. The smallest absolute Gasteiger partial charge is 0.128 e. The minimum atomic E-state index is -0.337. The zero-order chi connectivity index (χ0) is 22.6. The first kappa shape index (κ1) is 21.1. The molecule has 2 aliphatic heterocycles. The molecule has 1 aromatic carbocycles. The molecule has 1 atom stereocenters. The van der Waals surface area contributed by atoms with Crippen molar-refractivity contribution in [3.8, 4) is 17.0 Å². The number of anilines is 1.